The minimum absolute atomic E-state index is 0.0651. The van der Waals surface area contributed by atoms with Gasteiger partial charge < -0.3 is 26.2 Å². The number of phenolic OH excluding ortho intramolecular Hbond substituents is 4. The fraction of sp³-hybridized carbons (Fsp3) is 0.111. The highest BCUT2D eigenvalue weighted by molar-refractivity contribution is 6.06. The molecule has 136 valence electrons. The van der Waals surface area contributed by atoms with Crippen LogP contribution >= 0.6 is 0 Å². The number of nitrogens with zero attached hydrogens (tertiary/aromatic N) is 1. The third-order valence-electron chi connectivity index (χ3n) is 3.76. The summed E-state index contributed by atoms with van der Waals surface area (Å²) in [5.74, 6) is -3.06. The van der Waals surface area contributed by atoms with E-state index in [0.717, 1.165) is 17.0 Å². The van der Waals surface area contributed by atoms with Crippen molar-refractivity contribution >= 4 is 17.5 Å². The molecule has 0 aliphatic heterocycles. The minimum atomic E-state index is -1.17. The van der Waals surface area contributed by atoms with E-state index in [9.17, 15) is 30.0 Å². The Balaban J connectivity index is 2.48. The van der Waals surface area contributed by atoms with E-state index >= 15 is 0 Å². The second-order valence-electron chi connectivity index (χ2n) is 5.53. The number of carbonyl (C=O) groups is 2. The number of primary amides is 1. The van der Waals surface area contributed by atoms with Crippen LogP contribution in [-0.2, 0) is 16.0 Å². The molecule has 0 bridgehead atoms. The van der Waals surface area contributed by atoms with Crippen molar-refractivity contribution in [3.8, 4) is 23.0 Å². The van der Waals surface area contributed by atoms with Gasteiger partial charge in [-0.25, -0.2) is 0 Å². The van der Waals surface area contributed by atoms with Crippen molar-refractivity contribution in [3.63, 3.8) is 0 Å². The first-order chi connectivity index (χ1) is 12.2. The van der Waals surface area contributed by atoms with Crippen molar-refractivity contribution in [2.45, 2.75) is 12.5 Å². The third-order valence-corrected chi connectivity index (χ3v) is 3.76. The van der Waals surface area contributed by atoms with Gasteiger partial charge in [0.15, 0.2) is 23.0 Å². The van der Waals surface area contributed by atoms with Gasteiger partial charge in [0.25, 0.3) is 5.91 Å². The minimum Gasteiger partial charge on any atom is -0.504 e. The fourth-order valence-electron chi connectivity index (χ4n) is 2.46. The fourth-order valence-corrected chi connectivity index (χ4v) is 2.46. The van der Waals surface area contributed by atoms with E-state index < -0.39 is 23.6 Å². The number of anilines is 1. The monoisotopic (exact) mass is 358 g/mol. The Bertz CT molecular complexity index is 865. The van der Waals surface area contributed by atoms with Gasteiger partial charge in [0.1, 0.15) is 6.04 Å². The number of amides is 2. The molecular weight excluding hydrogens is 340 g/mol. The van der Waals surface area contributed by atoms with Gasteiger partial charge in [-0.3, -0.25) is 14.5 Å². The molecule has 0 aliphatic carbocycles. The highest BCUT2D eigenvalue weighted by Gasteiger charge is 2.29. The maximum absolute atomic E-state index is 12.3. The average molecular weight is 358 g/mol. The number of nitrogens with two attached hydrogens (primary N) is 1. The first-order valence-electron chi connectivity index (χ1n) is 7.52. The molecule has 2 amide bonds. The number of carbonyl (C=O) groups excluding carboxylic acids is 2. The molecule has 8 heteroatoms. The zero-order chi connectivity index (χ0) is 19.4. The molecule has 0 aromatic heterocycles. The van der Waals surface area contributed by atoms with E-state index in [1.165, 1.54) is 30.3 Å². The van der Waals surface area contributed by atoms with Crippen molar-refractivity contribution in [3.05, 3.63) is 54.6 Å². The summed E-state index contributed by atoms with van der Waals surface area (Å²) >= 11 is 0. The number of benzene rings is 2. The average Bonchev–Trinajstić information content (AvgIpc) is 2.60. The highest BCUT2D eigenvalue weighted by atomic mass is 16.3. The second kappa shape index (κ2) is 7.47. The Morgan fingerprint density at radius 3 is 2.08 bits per heavy atom. The molecule has 0 unspecified atom stereocenters. The van der Waals surface area contributed by atoms with Crippen molar-refractivity contribution in [2.75, 3.05) is 4.90 Å². The van der Waals surface area contributed by atoms with Crippen LogP contribution in [0.3, 0.4) is 0 Å². The molecule has 0 saturated carbocycles. The summed E-state index contributed by atoms with van der Waals surface area (Å²) in [5.41, 5.74) is 6.02. The number of aromatic hydroxyl groups is 4. The summed E-state index contributed by atoms with van der Waals surface area (Å²) in [6.45, 7) is 3.39. The Hall–Kier alpha value is -3.68. The van der Waals surface area contributed by atoms with Crippen LogP contribution in [0.5, 0.6) is 23.0 Å². The van der Waals surface area contributed by atoms with Crippen LogP contribution in [0.4, 0.5) is 5.69 Å². The molecule has 0 heterocycles. The highest BCUT2D eigenvalue weighted by Crippen LogP contribution is 2.32. The molecule has 6 N–H and O–H groups in total. The van der Waals surface area contributed by atoms with Crippen LogP contribution in [0.1, 0.15) is 5.56 Å². The SMILES string of the molecule is C=CC(=O)N(c1ccc(O)c(O)c1)[C@@H](Cc1ccc(O)c(O)c1)C(N)=O. The standard InChI is InChI=1S/C18H18N2O6/c1-2-17(25)20(11-4-6-14(22)16(24)9-11)12(18(19)26)7-10-3-5-13(21)15(23)8-10/h2-6,8-9,12,21-24H,1,7H2,(H2,19,26)/t12-/m0/s1. The van der Waals surface area contributed by atoms with E-state index in [2.05, 4.69) is 6.58 Å². The normalized spacial score (nSPS) is 11.5. The predicted molar refractivity (Wildman–Crippen MR) is 93.9 cm³/mol. The first kappa shape index (κ1) is 18.7. The Labute approximate surface area is 149 Å². The summed E-state index contributed by atoms with van der Waals surface area (Å²) in [6, 6.07) is 6.40. The number of rotatable bonds is 6. The lowest BCUT2D eigenvalue weighted by Crippen LogP contribution is -2.49. The van der Waals surface area contributed by atoms with Gasteiger partial charge in [0.05, 0.1) is 0 Å². The van der Waals surface area contributed by atoms with Crippen molar-refractivity contribution in [1.82, 2.24) is 0 Å². The summed E-state index contributed by atoms with van der Waals surface area (Å²) in [5, 5.41) is 38.1. The molecule has 2 aromatic carbocycles. The topological polar surface area (TPSA) is 144 Å². The van der Waals surface area contributed by atoms with Gasteiger partial charge in [-0.2, -0.15) is 0 Å². The number of phenols is 4. The Morgan fingerprint density at radius 1 is 1.00 bits per heavy atom. The summed E-state index contributed by atoms with van der Waals surface area (Å²) in [4.78, 5) is 25.4. The Kier molecular flexibility index (Phi) is 5.36. The van der Waals surface area contributed by atoms with E-state index in [0.29, 0.717) is 5.56 Å². The third kappa shape index (κ3) is 3.86. The van der Waals surface area contributed by atoms with Gasteiger partial charge in [-0.15, -0.1) is 0 Å². The predicted octanol–water partition coefficient (Wildman–Crippen LogP) is 1.12. The van der Waals surface area contributed by atoms with Crippen molar-refractivity contribution < 1.29 is 30.0 Å². The molecule has 2 rings (SSSR count). The van der Waals surface area contributed by atoms with Gasteiger partial charge in [-0.1, -0.05) is 12.6 Å². The van der Waals surface area contributed by atoms with Gasteiger partial charge >= 0.3 is 0 Å². The lowest BCUT2D eigenvalue weighted by atomic mass is 10.0. The molecule has 26 heavy (non-hydrogen) atoms. The molecular formula is C18H18N2O6. The maximum Gasteiger partial charge on any atom is 0.251 e. The smallest absolute Gasteiger partial charge is 0.251 e. The largest absolute Gasteiger partial charge is 0.504 e. The lowest BCUT2D eigenvalue weighted by molar-refractivity contribution is -0.122. The van der Waals surface area contributed by atoms with Gasteiger partial charge in [0, 0.05) is 18.2 Å². The first-order valence-corrected chi connectivity index (χ1v) is 7.52. The molecule has 0 aliphatic rings. The Morgan fingerprint density at radius 2 is 1.58 bits per heavy atom. The maximum atomic E-state index is 12.3. The quantitative estimate of drug-likeness (QED) is 0.387. The summed E-state index contributed by atoms with van der Waals surface area (Å²) < 4.78 is 0. The van der Waals surface area contributed by atoms with Crippen LogP contribution in [0, 0.1) is 0 Å². The van der Waals surface area contributed by atoms with Crippen LogP contribution in [0.15, 0.2) is 49.1 Å². The number of hydrogen-bond acceptors (Lipinski definition) is 6. The van der Waals surface area contributed by atoms with Crippen LogP contribution < -0.4 is 10.6 Å². The molecule has 0 fully saturated rings. The van der Waals surface area contributed by atoms with Gasteiger partial charge in [-0.05, 0) is 35.9 Å². The van der Waals surface area contributed by atoms with Crippen molar-refractivity contribution in [2.24, 2.45) is 5.73 Å². The molecule has 0 radical (unpaired) electrons. The van der Waals surface area contributed by atoms with E-state index in [1.807, 2.05) is 0 Å². The molecule has 0 saturated heterocycles. The van der Waals surface area contributed by atoms with Crippen LogP contribution in [-0.4, -0.2) is 38.3 Å². The number of hydrogen-bond donors (Lipinski definition) is 5. The zero-order valence-corrected chi connectivity index (χ0v) is 13.7. The van der Waals surface area contributed by atoms with E-state index in [1.54, 1.807) is 0 Å². The van der Waals surface area contributed by atoms with Crippen LogP contribution in [0.2, 0.25) is 0 Å². The molecule has 1 atom stereocenters. The van der Waals surface area contributed by atoms with Crippen molar-refractivity contribution in [1.29, 1.82) is 0 Å². The van der Waals surface area contributed by atoms with Crippen LogP contribution in [0.25, 0.3) is 0 Å². The second-order valence-corrected chi connectivity index (χ2v) is 5.53. The van der Waals surface area contributed by atoms with E-state index in [-0.39, 0.29) is 29.4 Å². The summed E-state index contributed by atoms with van der Waals surface area (Å²) in [6.07, 6.45) is 0.915. The zero-order valence-electron chi connectivity index (χ0n) is 13.7. The molecule has 2 aromatic rings. The lowest BCUT2D eigenvalue weighted by Gasteiger charge is -2.29. The van der Waals surface area contributed by atoms with E-state index in [4.69, 9.17) is 5.73 Å². The molecule has 0 spiro atoms. The van der Waals surface area contributed by atoms with Gasteiger partial charge in [0.2, 0.25) is 5.91 Å². The summed E-state index contributed by atoms with van der Waals surface area (Å²) in [7, 11) is 0. The molecule has 8 nitrogen and oxygen atoms in total.